The van der Waals surface area contributed by atoms with E-state index >= 15 is 0 Å². The van der Waals surface area contributed by atoms with Crippen LogP contribution < -0.4 is 21.5 Å². The van der Waals surface area contributed by atoms with Crippen LogP contribution in [0.2, 0.25) is 0 Å². The molecule has 1 rings (SSSR count). The van der Waals surface area contributed by atoms with E-state index in [0.717, 1.165) is 32.1 Å². The van der Waals surface area contributed by atoms with Gasteiger partial charge in [0.25, 0.3) is 0 Å². The molecule has 1 unspecified atom stereocenters. The summed E-state index contributed by atoms with van der Waals surface area (Å²) >= 11 is 0. The van der Waals surface area contributed by atoms with E-state index in [1.165, 1.54) is 24.3 Å². The number of nitrogens with one attached hydrogen (secondary N) is 2. The Balaban J connectivity index is 2.33. The average Bonchev–Trinajstić information content (AvgIpc) is 2.66. The molecule has 1 atom stereocenters. The monoisotopic (exact) mass is 427 g/mol. The molecule has 7 N–H and O–H groups in total. The first-order chi connectivity index (χ1) is 13.7. The van der Waals surface area contributed by atoms with Gasteiger partial charge >= 0.3 is 5.97 Å². The summed E-state index contributed by atoms with van der Waals surface area (Å²) in [6, 6.07) is 5.84. The summed E-state index contributed by atoms with van der Waals surface area (Å²) < 4.78 is 26.6. The summed E-state index contributed by atoms with van der Waals surface area (Å²) in [5.41, 5.74) is 10.5. The summed E-state index contributed by atoms with van der Waals surface area (Å²) in [6.45, 7) is 0.985. The first-order valence-corrected chi connectivity index (χ1v) is 10.8. The summed E-state index contributed by atoms with van der Waals surface area (Å²) in [7, 11) is -4.03. The number of guanidine groups is 1. The Bertz CT molecular complexity index is 779. The van der Waals surface area contributed by atoms with Gasteiger partial charge in [0.2, 0.25) is 15.9 Å². The normalized spacial score (nSPS) is 12.1. The predicted molar refractivity (Wildman–Crippen MR) is 110 cm³/mol. The number of benzene rings is 1. The third-order valence-corrected chi connectivity index (χ3v) is 5.48. The number of amides is 1. The molecular weight excluding hydrogens is 398 g/mol. The number of nitrogens with two attached hydrogens (primary N) is 2. The van der Waals surface area contributed by atoms with E-state index in [9.17, 15) is 23.1 Å². The number of hydrogen-bond acceptors (Lipinski definition) is 5. The number of rotatable bonds is 14. The van der Waals surface area contributed by atoms with E-state index in [1.54, 1.807) is 6.07 Å². The minimum Gasteiger partial charge on any atom is -0.480 e. The highest BCUT2D eigenvalue weighted by atomic mass is 32.2. The summed E-state index contributed by atoms with van der Waals surface area (Å²) in [5.74, 6) is -1.86. The van der Waals surface area contributed by atoms with Gasteiger partial charge < -0.3 is 21.9 Å². The highest BCUT2D eigenvalue weighted by Gasteiger charge is 2.27. The zero-order chi connectivity index (χ0) is 21.7. The van der Waals surface area contributed by atoms with Crippen LogP contribution in [0.15, 0.2) is 40.2 Å². The van der Waals surface area contributed by atoms with E-state index in [2.05, 4.69) is 15.0 Å². The molecule has 1 aromatic rings. The first-order valence-electron chi connectivity index (χ1n) is 9.34. The van der Waals surface area contributed by atoms with Crippen LogP contribution in [-0.4, -0.2) is 50.5 Å². The number of nitrogens with zero attached hydrogens (tertiary/aromatic N) is 1. The number of carboxylic acid groups (broad SMARTS) is 1. The fourth-order valence-electron chi connectivity index (χ4n) is 2.50. The standard InChI is InChI=1S/C18H29N5O5S/c19-18(20)22-12-8-3-1-2-7-11-21-16(24)13-15(17(25)26)23-29(27,28)14-9-5-4-6-10-14/h4-6,9-10,15,23H,1-3,7-8,11-13H2,(H,21,24)(H,25,26)(H4,19,20,22). The van der Waals surface area contributed by atoms with Gasteiger partial charge in [0, 0.05) is 13.1 Å². The fraction of sp³-hybridized carbons (Fsp3) is 0.500. The maximum atomic E-state index is 12.2. The van der Waals surface area contributed by atoms with E-state index in [0.29, 0.717) is 13.1 Å². The SMILES string of the molecule is NC(N)=NCCCCCCCNC(=O)CC(NS(=O)(=O)c1ccccc1)C(=O)O. The lowest BCUT2D eigenvalue weighted by Crippen LogP contribution is -2.44. The maximum Gasteiger partial charge on any atom is 0.322 e. The van der Waals surface area contributed by atoms with Crippen LogP contribution in [0.5, 0.6) is 0 Å². The van der Waals surface area contributed by atoms with Gasteiger partial charge in [0.1, 0.15) is 6.04 Å². The molecule has 0 saturated heterocycles. The predicted octanol–water partition coefficient (Wildman–Crippen LogP) is 0.148. The van der Waals surface area contributed by atoms with E-state index in [4.69, 9.17) is 11.5 Å². The van der Waals surface area contributed by atoms with Gasteiger partial charge in [-0.05, 0) is 25.0 Å². The Morgan fingerprint density at radius 2 is 1.66 bits per heavy atom. The molecule has 0 fully saturated rings. The van der Waals surface area contributed by atoms with Gasteiger partial charge in [-0.25, -0.2) is 8.42 Å². The second-order valence-electron chi connectivity index (χ2n) is 6.45. The van der Waals surface area contributed by atoms with Gasteiger partial charge in [-0.3, -0.25) is 14.6 Å². The van der Waals surface area contributed by atoms with E-state index < -0.39 is 34.4 Å². The number of hydrogen-bond donors (Lipinski definition) is 5. The number of aliphatic imine (C=N–C) groups is 1. The third-order valence-electron chi connectivity index (χ3n) is 3.99. The summed E-state index contributed by atoms with van der Waals surface area (Å²) in [6.07, 6.45) is 3.95. The Hall–Kier alpha value is -2.66. The number of unbranched alkanes of at least 4 members (excludes halogenated alkanes) is 4. The van der Waals surface area contributed by atoms with Crippen LogP contribution in [0.4, 0.5) is 0 Å². The zero-order valence-corrected chi connectivity index (χ0v) is 17.0. The lowest BCUT2D eigenvalue weighted by molar-refractivity contribution is -0.141. The van der Waals surface area contributed by atoms with Crippen LogP contribution in [-0.2, 0) is 19.6 Å². The van der Waals surface area contributed by atoms with Gasteiger partial charge in [-0.1, -0.05) is 37.5 Å². The molecule has 0 heterocycles. The van der Waals surface area contributed by atoms with Crippen LogP contribution in [0.1, 0.15) is 38.5 Å². The number of carboxylic acids is 1. The topological polar surface area (TPSA) is 177 Å². The Kier molecular flexibility index (Phi) is 10.7. The van der Waals surface area contributed by atoms with Crippen LogP contribution in [0.25, 0.3) is 0 Å². The second-order valence-corrected chi connectivity index (χ2v) is 8.17. The first kappa shape index (κ1) is 24.4. The van der Waals surface area contributed by atoms with Crippen molar-refractivity contribution >= 4 is 27.9 Å². The quantitative estimate of drug-likeness (QED) is 0.159. The maximum absolute atomic E-state index is 12.2. The van der Waals surface area contributed by atoms with Crippen molar-refractivity contribution in [2.45, 2.75) is 49.5 Å². The number of carbonyl (C=O) groups excluding carboxylic acids is 1. The largest absolute Gasteiger partial charge is 0.480 e. The molecule has 1 aromatic carbocycles. The van der Waals surface area contributed by atoms with Crippen molar-refractivity contribution in [3.63, 3.8) is 0 Å². The molecule has 29 heavy (non-hydrogen) atoms. The zero-order valence-electron chi connectivity index (χ0n) is 16.2. The molecule has 0 aromatic heterocycles. The molecule has 0 aliphatic carbocycles. The fourth-order valence-corrected chi connectivity index (χ4v) is 3.71. The highest BCUT2D eigenvalue weighted by Crippen LogP contribution is 2.09. The Labute approximate surface area is 170 Å². The molecule has 0 aliphatic rings. The molecule has 0 bridgehead atoms. The molecule has 162 valence electrons. The molecular formula is C18H29N5O5S. The molecule has 0 saturated carbocycles. The van der Waals surface area contributed by atoms with Gasteiger partial charge in [0.05, 0.1) is 11.3 Å². The lowest BCUT2D eigenvalue weighted by atomic mass is 10.1. The third kappa shape index (κ3) is 10.5. The molecule has 1 amide bonds. The summed E-state index contributed by atoms with van der Waals surface area (Å²) in [5, 5.41) is 11.9. The van der Waals surface area contributed by atoms with Crippen LogP contribution >= 0.6 is 0 Å². The average molecular weight is 428 g/mol. The molecule has 11 heteroatoms. The molecule has 0 aliphatic heterocycles. The lowest BCUT2D eigenvalue weighted by Gasteiger charge is -2.15. The summed E-state index contributed by atoms with van der Waals surface area (Å²) in [4.78, 5) is 27.1. The van der Waals surface area contributed by atoms with Crippen molar-refractivity contribution in [2.75, 3.05) is 13.1 Å². The Morgan fingerprint density at radius 3 is 2.28 bits per heavy atom. The van der Waals surface area contributed by atoms with Gasteiger partial charge in [0.15, 0.2) is 5.96 Å². The van der Waals surface area contributed by atoms with Crippen LogP contribution in [0.3, 0.4) is 0 Å². The highest BCUT2D eigenvalue weighted by molar-refractivity contribution is 7.89. The van der Waals surface area contributed by atoms with Crippen molar-refractivity contribution < 1.29 is 23.1 Å². The minimum absolute atomic E-state index is 0.0634. The van der Waals surface area contributed by atoms with Crippen LogP contribution in [0, 0.1) is 0 Å². The number of aliphatic carboxylic acids is 1. The number of carbonyl (C=O) groups is 2. The molecule has 0 radical (unpaired) electrons. The van der Waals surface area contributed by atoms with Gasteiger partial charge in [-0.2, -0.15) is 4.72 Å². The minimum atomic E-state index is -4.03. The van der Waals surface area contributed by atoms with Crippen molar-refractivity contribution in [1.29, 1.82) is 0 Å². The Morgan fingerprint density at radius 1 is 1.03 bits per heavy atom. The number of sulfonamides is 1. The van der Waals surface area contributed by atoms with E-state index in [1.807, 2.05) is 0 Å². The van der Waals surface area contributed by atoms with Crippen molar-refractivity contribution in [2.24, 2.45) is 16.5 Å². The smallest absolute Gasteiger partial charge is 0.322 e. The van der Waals surface area contributed by atoms with Crippen molar-refractivity contribution in [3.8, 4) is 0 Å². The van der Waals surface area contributed by atoms with E-state index in [-0.39, 0.29) is 10.9 Å². The van der Waals surface area contributed by atoms with Crippen molar-refractivity contribution in [3.05, 3.63) is 30.3 Å². The van der Waals surface area contributed by atoms with Gasteiger partial charge in [-0.15, -0.1) is 0 Å². The molecule has 0 spiro atoms. The molecule has 10 nitrogen and oxygen atoms in total. The van der Waals surface area contributed by atoms with Crippen molar-refractivity contribution in [1.82, 2.24) is 10.0 Å². The second kappa shape index (κ2) is 12.7.